The molecule has 2 aliphatic rings. The highest BCUT2D eigenvalue weighted by molar-refractivity contribution is 5.97. The maximum atomic E-state index is 15.3. The van der Waals surface area contributed by atoms with Crippen molar-refractivity contribution in [2.75, 3.05) is 45.3 Å². The molecule has 0 radical (unpaired) electrons. The van der Waals surface area contributed by atoms with E-state index >= 15 is 4.39 Å². The van der Waals surface area contributed by atoms with E-state index in [0.717, 1.165) is 31.9 Å². The average Bonchev–Trinajstić information content (AvgIpc) is 3.57. The van der Waals surface area contributed by atoms with Crippen LogP contribution in [-0.4, -0.2) is 62.1 Å². The van der Waals surface area contributed by atoms with Gasteiger partial charge in [0.05, 0.1) is 30.7 Å². The van der Waals surface area contributed by atoms with Crippen LogP contribution in [0.3, 0.4) is 0 Å². The van der Waals surface area contributed by atoms with E-state index in [1.807, 2.05) is 11.9 Å². The third-order valence-corrected chi connectivity index (χ3v) is 5.74. The van der Waals surface area contributed by atoms with Crippen molar-refractivity contribution in [2.24, 2.45) is 0 Å². The van der Waals surface area contributed by atoms with Crippen molar-refractivity contribution >= 4 is 22.6 Å². The normalized spacial score (nSPS) is 19.3. The zero-order chi connectivity index (χ0) is 21.4. The summed E-state index contributed by atoms with van der Waals surface area (Å²) in [5.41, 5.74) is -0.321. The molecule has 30 heavy (non-hydrogen) atoms. The molecule has 2 N–H and O–H groups in total. The number of carboxylic acid groups (broad SMARTS) is 1. The molecule has 2 heterocycles. The first kappa shape index (κ1) is 20.6. The van der Waals surface area contributed by atoms with E-state index in [1.54, 1.807) is 4.57 Å². The second-order valence-electron chi connectivity index (χ2n) is 7.78. The highest BCUT2D eigenvalue weighted by Crippen LogP contribution is 2.44. The largest absolute Gasteiger partial charge is 0.492 e. The molecule has 1 aliphatic heterocycles. The summed E-state index contributed by atoms with van der Waals surface area (Å²) in [6, 6.07) is 1.23. The first-order valence-corrected chi connectivity index (χ1v) is 10.2. The van der Waals surface area contributed by atoms with Crippen LogP contribution < -0.4 is 20.4 Å². The minimum atomic E-state index is -1.32. The number of ether oxygens (including phenoxy) is 2. The van der Waals surface area contributed by atoms with Gasteiger partial charge in [0.25, 0.3) is 0 Å². The fourth-order valence-corrected chi connectivity index (χ4v) is 4.13. The highest BCUT2D eigenvalue weighted by atomic mass is 19.1. The summed E-state index contributed by atoms with van der Waals surface area (Å²) in [4.78, 5) is 26.3. The minimum absolute atomic E-state index is 0.0277. The lowest BCUT2D eigenvalue weighted by atomic mass is 10.1. The molecule has 1 saturated carbocycles. The lowest BCUT2D eigenvalue weighted by Crippen LogP contribution is -2.44. The molecule has 1 unspecified atom stereocenters. The van der Waals surface area contributed by atoms with E-state index in [9.17, 15) is 14.7 Å². The fourth-order valence-electron chi connectivity index (χ4n) is 4.13. The number of aromatic carboxylic acids is 1. The number of nitrogens with one attached hydrogen (secondary N) is 1. The van der Waals surface area contributed by atoms with Crippen LogP contribution in [0.5, 0.6) is 5.75 Å². The maximum Gasteiger partial charge on any atom is 0.341 e. The molecule has 1 saturated heterocycles. The van der Waals surface area contributed by atoms with Crippen LogP contribution in [0.25, 0.3) is 10.9 Å². The molecule has 0 bridgehead atoms. The summed E-state index contributed by atoms with van der Waals surface area (Å²) in [6.45, 7) is 2.24. The molecule has 0 spiro atoms. The summed E-state index contributed by atoms with van der Waals surface area (Å²) in [5, 5.41) is 12.6. The van der Waals surface area contributed by atoms with Crippen molar-refractivity contribution in [2.45, 2.75) is 31.4 Å². The van der Waals surface area contributed by atoms with Crippen LogP contribution in [0, 0.1) is 5.82 Å². The predicted octanol–water partition coefficient (Wildman–Crippen LogP) is 2.00. The Morgan fingerprint density at radius 3 is 2.83 bits per heavy atom. The number of hydrogen-bond acceptors (Lipinski definition) is 6. The third kappa shape index (κ3) is 3.63. The molecule has 1 aromatic carbocycles. The molecule has 1 atom stereocenters. The standard InChI is InChI=1S/C21H26FN3O5/c1-23-6-5-13-10-24(7-8-30-13)18-16(22)9-14-17(20(18)29-2)25(12-3-4-12)11-15(19(14)26)21(27)28/h9,11-13,23H,3-8,10H2,1-2H3,(H,27,28). The summed E-state index contributed by atoms with van der Waals surface area (Å²) >= 11 is 0. The van der Waals surface area contributed by atoms with Crippen molar-refractivity contribution in [3.63, 3.8) is 0 Å². The van der Waals surface area contributed by atoms with Gasteiger partial charge in [-0.25, -0.2) is 9.18 Å². The number of carboxylic acids is 1. The zero-order valence-corrected chi connectivity index (χ0v) is 17.1. The zero-order valence-electron chi connectivity index (χ0n) is 17.1. The number of rotatable bonds is 7. The molecule has 2 fully saturated rings. The third-order valence-electron chi connectivity index (χ3n) is 5.74. The number of pyridine rings is 1. The number of morpholine rings is 1. The highest BCUT2D eigenvalue weighted by Gasteiger charge is 2.32. The van der Waals surface area contributed by atoms with Gasteiger partial charge in [-0.1, -0.05) is 0 Å². The Morgan fingerprint density at radius 2 is 2.20 bits per heavy atom. The summed E-state index contributed by atoms with van der Waals surface area (Å²) in [5.74, 6) is -1.66. The number of nitrogens with zero attached hydrogens (tertiary/aromatic N) is 2. The van der Waals surface area contributed by atoms with Gasteiger partial charge >= 0.3 is 5.97 Å². The predicted molar refractivity (Wildman–Crippen MR) is 110 cm³/mol. The summed E-state index contributed by atoms with van der Waals surface area (Å²) in [6.07, 6.45) is 3.85. The SMILES string of the molecule is CNCCC1CN(c2c(F)cc3c(=O)c(C(=O)O)cn(C4CC4)c3c2OC)CCO1. The fraction of sp³-hybridized carbons (Fsp3) is 0.524. The van der Waals surface area contributed by atoms with Crippen LogP contribution >= 0.6 is 0 Å². The minimum Gasteiger partial charge on any atom is -0.492 e. The van der Waals surface area contributed by atoms with Crippen LogP contribution in [0.4, 0.5) is 10.1 Å². The van der Waals surface area contributed by atoms with Crippen LogP contribution in [0.1, 0.15) is 35.7 Å². The van der Waals surface area contributed by atoms with E-state index in [2.05, 4.69) is 5.32 Å². The Bertz CT molecular complexity index is 1030. The van der Waals surface area contributed by atoms with Gasteiger partial charge < -0.3 is 29.4 Å². The van der Waals surface area contributed by atoms with Crippen molar-refractivity contribution < 1.29 is 23.8 Å². The Morgan fingerprint density at radius 1 is 1.43 bits per heavy atom. The molecule has 1 aliphatic carbocycles. The van der Waals surface area contributed by atoms with E-state index in [-0.39, 0.29) is 28.8 Å². The quantitative estimate of drug-likeness (QED) is 0.709. The van der Waals surface area contributed by atoms with Gasteiger partial charge in [0.15, 0.2) is 11.6 Å². The molecule has 9 heteroatoms. The van der Waals surface area contributed by atoms with E-state index in [4.69, 9.17) is 9.47 Å². The number of methoxy groups -OCH3 is 1. The smallest absolute Gasteiger partial charge is 0.341 e. The van der Waals surface area contributed by atoms with E-state index in [1.165, 1.54) is 13.3 Å². The Balaban J connectivity index is 1.88. The molecule has 4 rings (SSSR count). The first-order valence-electron chi connectivity index (χ1n) is 10.2. The van der Waals surface area contributed by atoms with Crippen LogP contribution in [-0.2, 0) is 4.74 Å². The monoisotopic (exact) mass is 419 g/mol. The average molecular weight is 419 g/mol. The number of hydrogen-bond donors (Lipinski definition) is 2. The number of anilines is 1. The molecular formula is C21H26FN3O5. The van der Waals surface area contributed by atoms with Crippen molar-refractivity contribution in [3.05, 3.63) is 33.9 Å². The molecular weight excluding hydrogens is 393 g/mol. The lowest BCUT2D eigenvalue weighted by Gasteiger charge is -2.35. The Kier molecular flexibility index (Phi) is 5.66. The van der Waals surface area contributed by atoms with Crippen molar-refractivity contribution in [1.82, 2.24) is 9.88 Å². The number of benzene rings is 1. The number of fused-ring (bicyclic) bond motifs is 1. The molecule has 1 aromatic heterocycles. The van der Waals surface area contributed by atoms with Crippen molar-refractivity contribution in [1.29, 1.82) is 0 Å². The topological polar surface area (TPSA) is 93.0 Å². The van der Waals surface area contributed by atoms with Crippen LogP contribution in [0.15, 0.2) is 17.1 Å². The van der Waals surface area contributed by atoms with E-state index in [0.29, 0.717) is 30.9 Å². The van der Waals surface area contributed by atoms with Gasteiger partial charge in [0.1, 0.15) is 11.3 Å². The second kappa shape index (κ2) is 8.23. The van der Waals surface area contributed by atoms with Gasteiger partial charge in [-0.2, -0.15) is 0 Å². The second-order valence-corrected chi connectivity index (χ2v) is 7.78. The lowest BCUT2D eigenvalue weighted by molar-refractivity contribution is 0.0354. The Labute approximate surface area is 173 Å². The van der Waals surface area contributed by atoms with Crippen LogP contribution in [0.2, 0.25) is 0 Å². The number of aromatic nitrogens is 1. The van der Waals surface area contributed by atoms with Gasteiger partial charge in [-0.3, -0.25) is 4.79 Å². The van der Waals surface area contributed by atoms with Crippen molar-refractivity contribution in [3.8, 4) is 5.75 Å². The van der Waals surface area contributed by atoms with Gasteiger partial charge in [0.2, 0.25) is 5.43 Å². The van der Waals surface area contributed by atoms with Gasteiger partial charge in [-0.05, 0) is 38.9 Å². The summed E-state index contributed by atoms with van der Waals surface area (Å²) < 4.78 is 28.5. The Hall–Kier alpha value is -2.65. The summed E-state index contributed by atoms with van der Waals surface area (Å²) in [7, 11) is 3.32. The molecule has 162 valence electrons. The maximum absolute atomic E-state index is 15.3. The molecule has 8 nitrogen and oxygen atoms in total. The molecule has 0 amide bonds. The number of carbonyl (C=O) groups is 1. The number of halogens is 1. The van der Waals surface area contributed by atoms with Gasteiger partial charge in [0, 0.05) is 25.3 Å². The first-order chi connectivity index (χ1) is 14.5. The van der Waals surface area contributed by atoms with E-state index < -0.39 is 17.2 Å². The molecule has 2 aromatic rings. The van der Waals surface area contributed by atoms with Gasteiger partial charge in [-0.15, -0.1) is 0 Å².